The van der Waals surface area contributed by atoms with Crippen molar-refractivity contribution >= 4 is 28.9 Å². The molecule has 186 valence electrons. The molecule has 0 aliphatic carbocycles. The van der Waals surface area contributed by atoms with Gasteiger partial charge in [0.25, 0.3) is 0 Å². The second-order valence-corrected chi connectivity index (χ2v) is 9.44. The number of hydrogen-bond acceptors (Lipinski definition) is 3. The van der Waals surface area contributed by atoms with E-state index in [0.717, 1.165) is 44.4 Å². The number of carboxylic acids is 1. The number of nitrogens with zero attached hydrogens (tertiary/aromatic N) is 2. The zero-order valence-electron chi connectivity index (χ0n) is 20.9. The summed E-state index contributed by atoms with van der Waals surface area (Å²) >= 11 is 6.25. The molecular formula is C30H31ClN2O3. The van der Waals surface area contributed by atoms with Crippen LogP contribution in [0.4, 0.5) is 11.4 Å². The van der Waals surface area contributed by atoms with Crippen molar-refractivity contribution in [2.75, 3.05) is 11.5 Å². The fourth-order valence-corrected chi connectivity index (χ4v) is 4.42. The summed E-state index contributed by atoms with van der Waals surface area (Å²) < 4.78 is 7.73. The second-order valence-electron chi connectivity index (χ2n) is 9.07. The SMILES string of the molecule is Cc1cccc(N(Cc2ccccc2)c2cc(C(=O)O)n(CCCOc3cc(C)c(Cl)c(C)c3)c2)c1. The molecule has 0 fully saturated rings. The third-order valence-corrected chi connectivity index (χ3v) is 6.73. The second kappa shape index (κ2) is 11.4. The first-order valence-electron chi connectivity index (χ1n) is 12.0. The molecule has 4 aromatic rings. The van der Waals surface area contributed by atoms with Crippen LogP contribution in [0.3, 0.4) is 0 Å². The molecule has 3 aromatic carbocycles. The van der Waals surface area contributed by atoms with Crippen molar-refractivity contribution in [1.82, 2.24) is 4.57 Å². The first-order valence-corrected chi connectivity index (χ1v) is 12.4. The molecule has 0 unspecified atom stereocenters. The van der Waals surface area contributed by atoms with Crippen LogP contribution in [0.2, 0.25) is 5.02 Å². The lowest BCUT2D eigenvalue weighted by atomic mass is 10.1. The van der Waals surface area contributed by atoms with Crippen molar-refractivity contribution in [3.05, 3.63) is 112 Å². The average Bonchev–Trinajstić information content (AvgIpc) is 3.28. The third kappa shape index (κ3) is 6.10. The number of rotatable bonds is 10. The van der Waals surface area contributed by atoms with Gasteiger partial charge in [0, 0.05) is 30.0 Å². The van der Waals surface area contributed by atoms with Gasteiger partial charge in [0.1, 0.15) is 11.4 Å². The van der Waals surface area contributed by atoms with Crippen molar-refractivity contribution in [2.24, 2.45) is 0 Å². The van der Waals surface area contributed by atoms with Gasteiger partial charge in [-0.25, -0.2) is 4.79 Å². The number of hydrogen-bond donors (Lipinski definition) is 1. The molecule has 0 aliphatic rings. The van der Waals surface area contributed by atoms with E-state index in [1.54, 1.807) is 10.6 Å². The lowest BCUT2D eigenvalue weighted by Crippen LogP contribution is -2.16. The molecule has 1 N–H and O–H groups in total. The lowest BCUT2D eigenvalue weighted by molar-refractivity contribution is 0.0684. The third-order valence-electron chi connectivity index (χ3n) is 6.13. The maximum absolute atomic E-state index is 12.1. The molecule has 4 rings (SSSR count). The normalized spacial score (nSPS) is 10.9. The van der Waals surface area contributed by atoms with E-state index >= 15 is 0 Å². The molecule has 5 nitrogen and oxygen atoms in total. The molecule has 0 aliphatic heterocycles. The Labute approximate surface area is 217 Å². The predicted octanol–water partition coefficient (Wildman–Crippen LogP) is 7.57. The van der Waals surface area contributed by atoms with Gasteiger partial charge in [-0.15, -0.1) is 0 Å². The fraction of sp³-hybridized carbons (Fsp3) is 0.233. The van der Waals surface area contributed by atoms with Gasteiger partial charge in [0.15, 0.2) is 0 Å². The molecule has 6 heteroatoms. The number of carboxylic acid groups (broad SMARTS) is 1. The van der Waals surface area contributed by atoms with E-state index in [2.05, 4.69) is 42.2 Å². The Morgan fingerprint density at radius 3 is 2.33 bits per heavy atom. The van der Waals surface area contributed by atoms with Crippen LogP contribution in [0.5, 0.6) is 5.75 Å². The Morgan fingerprint density at radius 2 is 1.67 bits per heavy atom. The molecular weight excluding hydrogens is 472 g/mol. The predicted molar refractivity (Wildman–Crippen MR) is 146 cm³/mol. The molecule has 0 atom stereocenters. The Balaban J connectivity index is 1.54. The maximum atomic E-state index is 12.1. The highest BCUT2D eigenvalue weighted by Crippen LogP contribution is 2.31. The molecule has 36 heavy (non-hydrogen) atoms. The highest BCUT2D eigenvalue weighted by atomic mass is 35.5. The first kappa shape index (κ1) is 25.4. The number of aromatic nitrogens is 1. The van der Waals surface area contributed by atoms with Gasteiger partial charge in [-0.05, 0) is 79.8 Å². The van der Waals surface area contributed by atoms with Gasteiger partial charge in [-0.1, -0.05) is 54.1 Å². The summed E-state index contributed by atoms with van der Waals surface area (Å²) in [6.07, 6.45) is 2.59. The van der Waals surface area contributed by atoms with Crippen molar-refractivity contribution in [2.45, 2.75) is 40.3 Å². The number of ether oxygens (including phenoxy) is 1. The van der Waals surface area contributed by atoms with Crippen LogP contribution >= 0.6 is 11.6 Å². The molecule has 1 heterocycles. The Hall–Kier alpha value is -3.70. The number of aromatic carboxylic acids is 1. The van der Waals surface area contributed by atoms with Crippen molar-refractivity contribution in [1.29, 1.82) is 0 Å². The molecule has 0 saturated carbocycles. The van der Waals surface area contributed by atoms with Crippen LogP contribution in [0.1, 0.15) is 39.2 Å². The van der Waals surface area contributed by atoms with Crippen molar-refractivity contribution < 1.29 is 14.6 Å². The van der Waals surface area contributed by atoms with Crippen LogP contribution in [-0.4, -0.2) is 22.2 Å². The minimum atomic E-state index is -0.949. The number of carbonyl (C=O) groups is 1. The standard InChI is InChI=1S/C30H31ClN2O3/c1-21-9-7-12-25(15-21)33(19-24-10-5-4-6-11-24)26-18-28(30(34)35)32(20-26)13-8-14-36-27-16-22(2)29(31)23(3)17-27/h4-7,9-12,15-18,20H,8,13-14,19H2,1-3H3,(H,34,35). The molecule has 0 amide bonds. The Bertz CT molecular complexity index is 1320. The van der Waals surface area contributed by atoms with E-state index in [1.807, 2.05) is 56.4 Å². The van der Waals surface area contributed by atoms with E-state index in [9.17, 15) is 9.90 Å². The molecule has 1 aromatic heterocycles. The van der Waals surface area contributed by atoms with Gasteiger partial charge in [0.05, 0.1) is 12.3 Å². The number of halogens is 1. The minimum Gasteiger partial charge on any atom is -0.494 e. The van der Waals surface area contributed by atoms with Gasteiger partial charge in [-0.3, -0.25) is 0 Å². The van der Waals surface area contributed by atoms with E-state index in [-0.39, 0.29) is 5.69 Å². The van der Waals surface area contributed by atoms with Crippen LogP contribution in [0.15, 0.2) is 79.0 Å². The summed E-state index contributed by atoms with van der Waals surface area (Å²) in [6.45, 7) is 7.60. The van der Waals surface area contributed by atoms with Crippen molar-refractivity contribution in [3.63, 3.8) is 0 Å². The smallest absolute Gasteiger partial charge is 0.352 e. The fourth-order valence-electron chi connectivity index (χ4n) is 4.31. The monoisotopic (exact) mass is 502 g/mol. The molecule has 0 saturated heterocycles. The van der Waals surface area contributed by atoms with E-state index < -0.39 is 5.97 Å². The van der Waals surface area contributed by atoms with Crippen LogP contribution in [0, 0.1) is 20.8 Å². The summed E-state index contributed by atoms with van der Waals surface area (Å²) in [5.74, 6) is -0.176. The summed E-state index contributed by atoms with van der Waals surface area (Å²) in [5.41, 5.74) is 6.36. The molecule has 0 radical (unpaired) electrons. The van der Waals surface area contributed by atoms with E-state index in [4.69, 9.17) is 16.3 Å². The summed E-state index contributed by atoms with van der Waals surface area (Å²) in [7, 11) is 0. The molecule has 0 bridgehead atoms. The lowest BCUT2D eigenvalue weighted by Gasteiger charge is -2.24. The topological polar surface area (TPSA) is 54.7 Å². The first-order chi connectivity index (χ1) is 17.3. The summed E-state index contributed by atoms with van der Waals surface area (Å²) in [5, 5.41) is 10.7. The van der Waals surface area contributed by atoms with Crippen LogP contribution in [-0.2, 0) is 13.1 Å². The number of aryl methyl sites for hydroxylation is 4. The Kier molecular flexibility index (Phi) is 8.01. The van der Waals surface area contributed by atoms with Gasteiger partial charge < -0.3 is 19.3 Å². The number of benzene rings is 3. The van der Waals surface area contributed by atoms with Gasteiger partial charge in [-0.2, -0.15) is 0 Å². The molecule has 0 spiro atoms. The van der Waals surface area contributed by atoms with Crippen molar-refractivity contribution in [3.8, 4) is 5.75 Å². The highest BCUT2D eigenvalue weighted by molar-refractivity contribution is 6.32. The van der Waals surface area contributed by atoms with Gasteiger partial charge in [0.2, 0.25) is 0 Å². The Morgan fingerprint density at radius 1 is 0.944 bits per heavy atom. The van der Waals surface area contributed by atoms with E-state index in [1.165, 1.54) is 0 Å². The summed E-state index contributed by atoms with van der Waals surface area (Å²) in [6, 6.07) is 24.0. The van der Waals surface area contributed by atoms with Crippen LogP contribution < -0.4 is 9.64 Å². The number of anilines is 2. The average molecular weight is 503 g/mol. The largest absolute Gasteiger partial charge is 0.494 e. The zero-order valence-corrected chi connectivity index (χ0v) is 21.6. The quantitative estimate of drug-likeness (QED) is 0.227. The van der Waals surface area contributed by atoms with Gasteiger partial charge >= 0.3 is 5.97 Å². The highest BCUT2D eigenvalue weighted by Gasteiger charge is 2.18. The van der Waals surface area contributed by atoms with Crippen LogP contribution in [0.25, 0.3) is 0 Å². The van der Waals surface area contributed by atoms with E-state index in [0.29, 0.717) is 26.1 Å². The zero-order chi connectivity index (χ0) is 25.7. The minimum absolute atomic E-state index is 0.258. The maximum Gasteiger partial charge on any atom is 0.352 e. The summed E-state index contributed by atoms with van der Waals surface area (Å²) in [4.78, 5) is 14.2.